The third kappa shape index (κ3) is 3.44. The third-order valence-corrected chi connectivity index (χ3v) is 4.46. The van der Waals surface area contributed by atoms with Crippen LogP contribution in [0.25, 0.3) is 11.4 Å². The summed E-state index contributed by atoms with van der Waals surface area (Å²) in [5.74, 6) is -0.755. The topological polar surface area (TPSA) is 88.1 Å². The van der Waals surface area contributed by atoms with Gasteiger partial charge < -0.3 is 10.2 Å². The molecular formula is C20H16FN5O2. The average molecular weight is 377 g/mol. The number of nitrogens with zero attached hydrogens (tertiary/aromatic N) is 4. The number of carbonyl (C=O) groups is 2. The van der Waals surface area contributed by atoms with E-state index in [1.807, 2.05) is 6.07 Å². The van der Waals surface area contributed by atoms with E-state index < -0.39 is 11.9 Å². The van der Waals surface area contributed by atoms with Gasteiger partial charge in [0.25, 0.3) is 5.91 Å². The van der Waals surface area contributed by atoms with Gasteiger partial charge in [-0.3, -0.25) is 14.6 Å². The van der Waals surface area contributed by atoms with Crippen molar-refractivity contribution in [3.8, 4) is 11.4 Å². The van der Waals surface area contributed by atoms with Crippen LogP contribution in [0.1, 0.15) is 22.0 Å². The first kappa shape index (κ1) is 17.7. The number of rotatable bonds is 3. The molecule has 1 aromatic carbocycles. The zero-order valence-corrected chi connectivity index (χ0v) is 14.7. The number of nitrogens with one attached hydrogen (secondary N) is 1. The van der Waals surface area contributed by atoms with Gasteiger partial charge in [0.05, 0.1) is 5.56 Å². The Hall–Kier alpha value is -3.68. The van der Waals surface area contributed by atoms with Crippen molar-refractivity contribution in [2.45, 2.75) is 6.04 Å². The summed E-state index contributed by atoms with van der Waals surface area (Å²) >= 11 is 0. The van der Waals surface area contributed by atoms with E-state index in [1.54, 1.807) is 24.5 Å². The van der Waals surface area contributed by atoms with Crippen LogP contribution in [0.5, 0.6) is 0 Å². The van der Waals surface area contributed by atoms with Gasteiger partial charge >= 0.3 is 0 Å². The Morgan fingerprint density at radius 2 is 1.96 bits per heavy atom. The monoisotopic (exact) mass is 377 g/mol. The second-order valence-corrected chi connectivity index (χ2v) is 6.28. The first-order valence-electron chi connectivity index (χ1n) is 8.70. The molecule has 0 aliphatic carbocycles. The van der Waals surface area contributed by atoms with Gasteiger partial charge in [-0.25, -0.2) is 14.4 Å². The lowest BCUT2D eigenvalue weighted by molar-refractivity contribution is -0.128. The highest BCUT2D eigenvalue weighted by atomic mass is 19.1. The largest absolute Gasteiger partial charge is 0.352 e. The van der Waals surface area contributed by atoms with E-state index in [0.717, 1.165) is 5.56 Å². The van der Waals surface area contributed by atoms with Gasteiger partial charge in [0, 0.05) is 43.4 Å². The van der Waals surface area contributed by atoms with Crippen molar-refractivity contribution in [3.05, 3.63) is 78.1 Å². The number of aromatic nitrogens is 3. The third-order valence-electron chi connectivity index (χ3n) is 4.46. The van der Waals surface area contributed by atoms with Crippen LogP contribution in [-0.2, 0) is 4.79 Å². The number of benzene rings is 1. The van der Waals surface area contributed by atoms with Gasteiger partial charge in [-0.1, -0.05) is 12.1 Å². The molecule has 0 radical (unpaired) electrons. The lowest BCUT2D eigenvalue weighted by Gasteiger charge is -2.35. The molecule has 0 spiro atoms. The summed E-state index contributed by atoms with van der Waals surface area (Å²) in [6, 6.07) is 8.38. The summed E-state index contributed by atoms with van der Waals surface area (Å²) in [6.45, 7) is 0.626. The van der Waals surface area contributed by atoms with E-state index >= 15 is 0 Å². The van der Waals surface area contributed by atoms with Gasteiger partial charge in [-0.05, 0) is 29.8 Å². The summed E-state index contributed by atoms with van der Waals surface area (Å²) in [4.78, 5) is 39.4. The van der Waals surface area contributed by atoms with Crippen LogP contribution in [0.15, 0.2) is 61.2 Å². The van der Waals surface area contributed by atoms with E-state index in [9.17, 15) is 14.0 Å². The molecule has 1 aliphatic rings. The number of hydrogen-bond acceptors (Lipinski definition) is 5. The zero-order chi connectivity index (χ0) is 19.5. The van der Waals surface area contributed by atoms with Crippen LogP contribution >= 0.6 is 0 Å². The van der Waals surface area contributed by atoms with Crippen LogP contribution in [0.2, 0.25) is 0 Å². The molecule has 0 unspecified atom stereocenters. The Bertz CT molecular complexity index is 1010. The summed E-state index contributed by atoms with van der Waals surface area (Å²) in [5.41, 5.74) is 1.40. The van der Waals surface area contributed by atoms with Crippen LogP contribution in [0.3, 0.4) is 0 Å². The van der Waals surface area contributed by atoms with Crippen molar-refractivity contribution in [2.75, 3.05) is 13.1 Å². The zero-order valence-electron chi connectivity index (χ0n) is 14.7. The number of pyridine rings is 1. The molecule has 7 nitrogen and oxygen atoms in total. The van der Waals surface area contributed by atoms with Crippen molar-refractivity contribution in [2.24, 2.45) is 0 Å². The predicted octanol–water partition coefficient (Wildman–Crippen LogP) is 1.99. The van der Waals surface area contributed by atoms with Crippen LogP contribution in [0.4, 0.5) is 4.39 Å². The summed E-state index contributed by atoms with van der Waals surface area (Å²) in [7, 11) is 0. The van der Waals surface area contributed by atoms with Crippen molar-refractivity contribution >= 4 is 11.8 Å². The minimum absolute atomic E-state index is 0.253. The van der Waals surface area contributed by atoms with Crippen molar-refractivity contribution in [1.29, 1.82) is 0 Å². The Labute approximate surface area is 160 Å². The second-order valence-electron chi connectivity index (χ2n) is 6.28. The minimum atomic E-state index is -0.907. The number of hydrogen-bond donors (Lipinski definition) is 1. The fourth-order valence-electron chi connectivity index (χ4n) is 3.14. The smallest absolute Gasteiger partial charge is 0.258 e. The van der Waals surface area contributed by atoms with Gasteiger partial charge in [0.1, 0.15) is 11.9 Å². The van der Waals surface area contributed by atoms with E-state index in [1.165, 1.54) is 35.5 Å². The molecule has 140 valence electrons. The Balaban J connectivity index is 1.63. The van der Waals surface area contributed by atoms with Gasteiger partial charge in [-0.2, -0.15) is 0 Å². The maximum Gasteiger partial charge on any atom is 0.258 e. The van der Waals surface area contributed by atoms with E-state index in [2.05, 4.69) is 20.3 Å². The Morgan fingerprint density at radius 3 is 2.68 bits per heavy atom. The van der Waals surface area contributed by atoms with Crippen LogP contribution < -0.4 is 5.32 Å². The number of amides is 2. The molecule has 28 heavy (non-hydrogen) atoms. The first-order chi connectivity index (χ1) is 13.6. The van der Waals surface area contributed by atoms with Crippen molar-refractivity contribution in [1.82, 2.24) is 25.2 Å². The summed E-state index contributed by atoms with van der Waals surface area (Å²) in [6.07, 6.45) is 6.13. The molecule has 8 heteroatoms. The SMILES string of the molecule is O=C1NCCN(C(=O)c2cnc(-c3cccnc3)nc2)[C@@H]1c1cccc(F)c1. The first-order valence-corrected chi connectivity index (χ1v) is 8.70. The Kier molecular flexibility index (Phi) is 4.76. The molecule has 4 rings (SSSR count). The molecule has 1 atom stereocenters. The minimum Gasteiger partial charge on any atom is -0.352 e. The molecule has 1 saturated heterocycles. The van der Waals surface area contributed by atoms with Gasteiger partial charge in [-0.15, -0.1) is 0 Å². The van der Waals surface area contributed by atoms with Gasteiger partial charge in [0.2, 0.25) is 5.91 Å². The second kappa shape index (κ2) is 7.51. The molecule has 3 aromatic rings. The quantitative estimate of drug-likeness (QED) is 0.754. The molecule has 1 fully saturated rings. The van der Waals surface area contributed by atoms with Crippen molar-refractivity contribution < 1.29 is 14.0 Å². The molecule has 1 aliphatic heterocycles. The maximum absolute atomic E-state index is 13.6. The van der Waals surface area contributed by atoms with E-state index in [0.29, 0.717) is 24.5 Å². The number of carbonyl (C=O) groups excluding carboxylic acids is 2. The lowest BCUT2D eigenvalue weighted by atomic mass is 10.0. The number of halogens is 1. The van der Waals surface area contributed by atoms with Crippen LogP contribution in [0, 0.1) is 5.82 Å². The highest BCUT2D eigenvalue weighted by Crippen LogP contribution is 2.26. The summed E-state index contributed by atoms with van der Waals surface area (Å²) in [5, 5.41) is 2.72. The standard InChI is InChI=1S/C20H16FN5O2/c21-16-5-1-3-13(9-16)17-19(27)23-7-8-26(17)20(28)15-11-24-18(25-12-15)14-4-2-6-22-10-14/h1-6,9-12,17H,7-8H2,(H,23,27)/t17-/m1/s1. The normalized spacial score (nSPS) is 16.5. The molecule has 0 saturated carbocycles. The highest BCUT2D eigenvalue weighted by molar-refractivity contribution is 5.98. The van der Waals surface area contributed by atoms with E-state index in [4.69, 9.17) is 0 Å². The molecule has 1 N–H and O–H groups in total. The van der Waals surface area contributed by atoms with Crippen LogP contribution in [-0.4, -0.2) is 44.8 Å². The predicted molar refractivity (Wildman–Crippen MR) is 98.5 cm³/mol. The molecular weight excluding hydrogens is 361 g/mol. The fraction of sp³-hybridized carbons (Fsp3) is 0.150. The van der Waals surface area contributed by atoms with Crippen molar-refractivity contribution in [3.63, 3.8) is 0 Å². The van der Waals surface area contributed by atoms with Gasteiger partial charge in [0.15, 0.2) is 5.82 Å². The summed E-state index contributed by atoms with van der Waals surface area (Å²) < 4.78 is 13.6. The lowest BCUT2D eigenvalue weighted by Crippen LogP contribution is -2.52. The van der Waals surface area contributed by atoms with E-state index in [-0.39, 0.29) is 17.4 Å². The average Bonchev–Trinajstić information content (AvgIpc) is 2.74. The molecule has 3 heterocycles. The highest BCUT2D eigenvalue weighted by Gasteiger charge is 2.35. The number of piperazine rings is 1. The Morgan fingerprint density at radius 1 is 1.14 bits per heavy atom. The molecule has 0 bridgehead atoms. The molecule has 2 aromatic heterocycles. The molecule has 2 amide bonds. The maximum atomic E-state index is 13.6. The fourth-order valence-corrected chi connectivity index (χ4v) is 3.14.